The highest BCUT2D eigenvalue weighted by atomic mass is 79.9. The molecule has 0 radical (unpaired) electrons. The molecule has 4 heteroatoms. The van der Waals surface area contributed by atoms with Gasteiger partial charge in [-0.1, -0.05) is 111 Å². The van der Waals surface area contributed by atoms with Crippen LogP contribution in [0.4, 0.5) is 0 Å². The summed E-state index contributed by atoms with van der Waals surface area (Å²) in [6.45, 7) is 0.849. The van der Waals surface area contributed by atoms with E-state index < -0.39 is 0 Å². The Balaban J connectivity index is 0.00000208. The molecule has 0 heterocycles. The smallest absolute Gasteiger partial charge is 0.0644 e. The summed E-state index contributed by atoms with van der Waals surface area (Å²) >= 11 is 8.04. The maximum absolute atomic E-state index is 4.02. The Bertz CT molecular complexity index is 617. The SMILES string of the molecule is Br[C@]1(C(NCc2ccccc2)[C@@]2(Br)C=CC=CC2)C=CC=CC1.Cl. The van der Waals surface area contributed by atoms with Crippen LogP contribution < -0.4 is 5.32 Å². The number of halogens is 3. The second-order valence-corrected chi connectivity index (χ2v) is 9.09. The van der Waals surface area contributed by atoms with E-state index in [1.54, 1.807) is 0 Å². The largest absolute Gasteiger partial charge is 0.307 e. The maximum Gasteiger partial charge on any atom is 0.0644 e. The predicted molar refractivity (Wildman–Crippen MR) is 113 cm³/mol. The van der Waals surface area contributed by atoms with Crippen LogP contribution in [0.1, 0.15) is 18.4 Å². The lowest BCUT2D eigenvalue weighted by Crippen LogP contribution is -2.57. The number of hydrogen-bond donors (Lipinski definition) is 1. The number of benzene rings is 1. The van der Waals surface area contributed by atoms with Gasteiger partial charge in [0.05, 0.1) is 8.65 Å². The minimum atomic E-state index is -0.102. The molecule has 1 aromatic carbocycles. The Morgan fingerprint density at radius 2 is 1.42 bits per heavy atom. The fraction of sp³-hybridized carbons (Fsp3) is 0.300. The summed E-state index contributed by atoms with van der Waals surface area (Å²) in [6, 6.07) is 10.8. The zero-order chi connectivity index (χ0) is 16.2. The molecule has 0 spiro atoms. The topological polar surface area (TPSA) is 12.0 Å². The average Bonchev–Trinajstić information content (AvgIpc) is 2.57. The van der Waals surface area contributed by atoms with Gasteiger partial charge in [-0.3, -0.25) is 0 Å². The molecule has 128 valence electrons. The third-order valence-electron chi connectivity index (χ3n) is 4.42. The monoisotopic (exact) mass is 469 g/mol. The molecule has 0 saturated carbocycles. The van der Waals surface area contributed by atoms with Crippen molar-refractivity contribution in [1.29, 1.82) is 0 Å². The van der Waals surface area contributed by atoms with Gasteiger partial charge in [0.15, 0.2) is 0 Å². The molecule has 0 unspecified atom stereocenters. The Labute approximate surface area is 167 Å². The number of rotatable bonds is 5. The standard InChI is InChI=1S/C20H21Br2N.ClH/c21-19(12-6-2-7-13-19)18(20(22)14-8-3-9-15-20)23-16-17-10-4-1-5-11-17;/h1-12,14,18,23H,13,15-16H2;1H/t19-,20-;/m1./s1. The average molecular weight is 472 g/mol. The van der Waals surface area contributed by atoms with Crippen molar-refractivity contribution in [2.45, 2.75) is 34.1 Å². The summed E-state index contributed by atoms with van der Waals surface area (Å²) < 4.78 is -0.203. The second kappa shape index (κ2) is 8.66. The molecular formula is C20H22Br2ClN. The summed E-state index contributed by atoms with van der Waals surface area (Å²) in [5.74, 6) is 0. The summed E-state index contributed by atoms with van der Waals surface area (Å²) in [6.07, 6.45) is 19.4. The van der Waals surface area contributed by atoms with E-state index in [1.165, 1.54) is 5.56 Å². The highest BCUT2D eigenvalue weighted by Gasteiger charge is 2.45. The molecule has 0 saturated heterocycles. The Hall–Kier alpha value is -0.610. The maximum atomic E-state index is 4.02. The summed E-state index contributed by atoms with van der Waals surface area (Å²) in [7, 11) is 0. The molecule has 1 nitrogen and oxygen atoms in total. The van der Waals surface area contributed by atoms with Crippen molar-refractivity contribution in [3.05, 3.63) is 84.5 Å². The summed E-state index contributed by atoms with van der Waals surface area (Å²) in [5, 5.41) is 3.79. The molecule has 0 fully saturated rings. The molecular weight excluding hydrogens is 449 g/mol. The van der Waals surface area contributed by atoms with Crippen LogP contribution in [0.3, 0.4) is 0 Å². The van der Waals surface area contributed by atoms with Gasteiger partial charge in [-0.2, -0.15) is 0 Å². The lowest BCUT2D eigenvalue weighted by atomic mass is 9.80. The van der Waals surface area contributed by atoms with Crippen molar-refractivity contribution >= 4 is 44.3 Å². The van der Waals surface area contributed by atoms with Crippen LogP contribution in [-0.2, 0) is 6.54 Å². The van der Waals surface area contributed by atoms with Crippen LogP contribution in [0.5, 0.6) is 0 Å². The Morgan fingerprint density at radius 3 is 1.88 bits per heavy atom. The van der Waals surface area contributed by atoms with Crippen molar-refractivity contribution in [3.8, 4) is 0 Å². The highest BCUT2D eigenvalue weighted by Crippen LogP contribution is 2.43. The first-order valence-electron chi connectivity index (χ1n) is 7.96. The van der Waals surface area contributed by atoms with Gasteiger partial charge in [0, 0.05) is 12.6 Å². The van der Waals surface area contributed by atoms with E-state index in [0.29, 0.717) is 0 Å². The highest BCUT2D eigenvalue weighted by molar-refractivity contribution is 9.10. The lowest BCUT2D eigenvalue weighted by molar-refractivity contribution is 0.387. The molecule has 24 heavy (non-hydrogen) atoms. The molecule has 0 amide bonds. The predicted octanol–water partition coefficient (Wildman–Crippen LogP) is 5.87. The van der Waals surface area contributed by atoms with Crippen molar-refractivity contribution in [2.75, 3.05) is 0 Å². The quantitative estimate of drug-likeness (QED) is 0.530. The van der Waals surface area contributed by atoms with E-state index in [4.69, 9.17) is 0 Å². The number of hydrogen-bond acceptors (Lipinski definition) is 1. The van der Waals surface area contributed by atoms with Crippen molar-refractivity contribution in [2.24, 2.45) is 0 Å². The number of alkyl halides is 2. The normalized spacial score (nSPS) is 28.1. The molecule has 2 aliphatic carbocycles. The minimum Gasteiger partial charge on any atom is -0.307 e. The van der Waals surface area contributed by atoms with Crippen LogP contribution in [-0.4, -0.2) is 14.7 Å². The van der Waals surface area contributed by atoms with Gasteiger partial charge in [-0.15, -0.1) is 12.4 Å². The fourth-order valence-corrected chi connectivity index (χ4v) is 5.33. The van der Waals surface area contributed by atoms with Crippen LogP contribution in [0.15, 0.2) is 78.9 Å². The molecule has 2 atom stereocenters. The Kier molecular flexibility index (Phi) is 7.11. The van der Waals surface area contributed by atoms with Crippen molar-refractivity contribution < 1.29 is 0 Å². The van der Waals surface area contributed by atoms with E-state index in [9.17, 15) is 0 Å². The molecule has 1 aromatic rings. The van der Waals surface area contributed by atoms with Crippen molar-refractivity contribution in [1.82, 2.24) is 5.32 Å². The van der Waals surface area contributed by atoms with Crippen LogP contribution in [0, 0.1) is 0 Å². The number of allylic oxidation sites excluding steroid dienone is 6. The zero-order valence-corrected chi connectivity index (χ0v) is 17.4. The zero-order valence-electron chi connectivity index (χ0n) is 13.4. The molecule has 2 aliphatic rings. The van der Waals surface area contributed by atoms with Gasteiger partial charge in [0.1, 0.15) is 0 Å². The van der Waals surface area contributed by atoms with Gasteiger partial charge in [0.2, 0.25) is 0 Å². The van der Waals surface area contributed by atoms with E-state index >= 15 is 0 Å². The summed E-state index contributed by atoms with van der Waals surface area (Å²) in [4.78, 5) is 0. The van der Waals surface area contributed by atoms with E-state index in [0.717, 1.165) is 19.4 Å². The second-order valence-electron chi connectivity index (χ2n) is 6.14. The third kappa shape index (κ3) is 4.51. The molecule has 0 aromatic heterocycles. The first-order chi connectivity index (χ1) is 11.1. The van der Waals surface area contributed by atoms with Gasteiger partial charge in [-0.05, 0) is 18.4 Å². The van der Waals surface area contributed by atoms with Gasteiger partial charge in [-0.25, -0.2) is 0 Å². The van der Waals surface area contributed by atoms with Gasteiger partial charge < -0.3 is 5.32 Å². The third-order valence-corrected chi connectivity index (χ3v) is 6.51. The first kappa shape index (κ1) is 19.7. The Morgan fingerprint density at radius 1 is 0.875 bits per heavy atom. The number of nitrogens with one attached hydrogen (secondary N) is 1. The minimum absolute atomic E-state index is 0. The molecule has 3 rings (SSSR count). The van der Waals surface area contributed by atoms with E-state index in [-0.39, 0.29) is 27.1 Å². The summed E-state index contributed by atoms with van der Waals surface area (Å²) in [5.41, 5.74) is 1.30. The molecule has 1 N–H and O–H groups in total. The first-order valence-corrected chi connectivity index (χ1v) is 9.55. The van der Waals surface area contributed by atoms with Crippen LogP contribution in [0.25, 0.3) is 0 Å². The van der Waals surface area contributed by atoms with E-state index in [1.807, 2.05) is 0 Å². The molecule has 0 bridgehead atoms. The fourth-order valence-electron chi connectivity index (χ4n) is 3.20. The van der Waals surface area contributed by atoms with Crippen molar-refractivity contribution in [3.63, 3.8) is 0 Å². The van der Waals surface area contributed by atoms with Crippen LogP contribution >= 0.6 is 44.3 Å². The molecule has 0 aliphatic heterocycles. The van der Waals surface area contributed by atoms with E-state index in [2.05, 4.69) is 116 Å². The van der Waals surface area contributed by atoms with Gasteiger partial charge in [0.25, 0.3) is 0 Å². The lowest BCUT2D eigenvalue weighted by Gasteiger charge is -2.44. The van der Waals surface area contributed by atoms with Crippen LogP contribution in [0.2, 0.25) is 0 Å². The van der Waals surface area contributed by atoms with Gasteiger partial charge >= 0.3 is 0 Å².